The van der Waals surface area contributed by atoms with Crippen molar-refractivity contribution in [1.82, 2.24) is 0 Å². The van der Waals surface area contributed by atoms with Gasteiger partial charge >= 0.3 is 0 Å². The Hall–Kier alpha value is -17.5. The van der Waals surface area contributed by atoms with Gasteiger partial charge in [-0.05, 0) is 279 Å². The fraction of sp³-hybridized carbons (Fsp3) is 0.0435. The van der Waals surface area contributed by atoms with E-state index in [0.29, 0.717) is 0 Å². The van der Waals surface area contributed by atoms with Crippen molar-refractivity contribution < 1.29 is 0 Å². The predicted octanol–water partition coefficient (Wildman–Crippen LogP) is 37.3. The summed E-state index contributed by atoms with van der Waals surface area (Å²) in [5, 5.41) is 5.25. The van der Waals surface area contributed by atoms with E-state index in [1.165, 1.54) is 208 Å². The molecule has 0 radical (unpaired) electrons. The van der Waals surface area contributed by atoms with Gasteiger partial charge in [0.25, 0.3) is 0 Å². The van der Waals surface area contributed by atoms with E-state index in [0.717, 1.165) is 45.5 Å². The van der Waals surface area contributed by atoms with E-state index in [2.05, 4.69) is 555 Å². The maximum Gasteiger partial charge on any atom is 0.0755 e. The molecule has 24 aromatic rings. The van der Waals surface area contributed by atoms with Crippen LogP contribution in [0.15, 0.2) is 522 Å². The zero-order valence-electron chi connectivity index (χ0n) is 79.3. The third-order valence-corrected chi connectivity index (χ3v) is 34.3. The Balaban J connectivity index is 0.000000138. The number of thiophene rings is 2. The third-order valence-electron chi connectivity index (χ3n) is 32.0. The molecule has 4 heterocycles. The van der Waals surface area contributed by atoms with Crippen LogP contribution in [-0.4, -0.2) is 0 Å². The first-order valence-electron chi connectivity index (χ1n) is 50.0. The Morgan fingerprint density at radius 1 is 0.188 bits per heavy atom. The molecule has 6 heteroatoms. The van der Waals surface area contributed by atoms with Crippen molar-refractivity contribution in [2.75, 3.05) is 19.6 Å². The maximum atomic E-state index is 2.55. The predicted molar refractivity (Wildman–Crippen MR) is 605 cm³/mol. The molecule has 0 fully saturated rings. The second-order valence-corrected chi connectivity index (χ2v) is 41.6. The molecular formula is C138H92N4S2. The molecule has 22 aromatic carbocycles. The monoisotopic (exact) mass is 1870 g/mol. The normalized spacial score (nSPS) is 14.1. The van der Waals surface area contributed by atoms with E-state index < -0.39 is 16.2 Å². The molecule has 0 saturated heterocycles. The molecule has 0 bridgehead atoms. The summed E-state index contributed by atoms with van der Waals surface area (Å²) >= 11 is 3.73. The molecule has 0 unspecified atom stereocenters. The summed E-state index contributed by atoms with van der Waals surface area (Å²) in [7, 11) is 0. The van der Waals surface area contributed by atoms with Crippen LogP contribution in [-0.2, 0) is 21.7 Å². The van der Waals surface area contributed by atoms with Crippen LogP contribution in [0.5, 0.6) is 0 Å². The molecule has 0 atom stereocenters. The minimum Gasteiger partial charge on any atom is -0.310 e. The first-order chi connectivity index (χ1) is 71.2. The van der Waals surface area contributed by atoms with Gasteiger partial charge in [0.1, 0.15) is 0 Å². The van der Waals surface area contributed by atoms with E-state index >= 15 is 0 Å². The van der Waals surface area contributed by atoms with Gasteiger partial charge < -0.3 is 19.6 Å². The van der Waals surface area contributed by atoms with Crippen molar-refractivity contribution in [3.63, 3.8) is 0 Å². The molecule has 4 nitrogen and oxygen atoms in total. The van der Waals surface area contributed by atoms with Crippen LogP contribution in [0, 0.1) is 0 Å². The summed E-state index contributed by atoms with van der Waals surface area (Å²) in [6.45, 7) is 4.76. The summed E-state index contributed by atoms with van der Waals surface area (Å²) < 4.78 is 5.28. The molecule has 676 valence electrons. The minimum atomic E-state index is -0.615. The second kappa shape index (κ2) is 32.5. The molecule has 2 aliphatic heterocycles. The Kier molecular flexibility index (Phi) is 18.9. The van der Waals surface area contributed by atoms with E-state index in [1.54, 1.807) is 0 Å². The standard InChI is InChI=1S/C74H48N2S.C64H44N2S/c1-4-21-51(22-5-1)73(52-23-6-2-7-24-52)61-30-13-10-27-56(61)57-45-44-55(48-66(57)73)75(54-42-39-49(40-43-54)50-41-46-71-60(47-50)58-28-12-19-38-70(58)77-71)69-37-20-34-65-72(69)59-29-11-14-31-62(59)74(65)63-32-15-17-35-67(63)76(53-25-8-3-9-26-53)68-36-18-16-33-64(68)74;1-63(2)51-22-9-6-19-46(51)47-37-36-45(40-56(47)63)65(44-34-31-41(32-35-44)42-33-38-61-50(39-42)48-20-8-15-30-60(48)67-61)59-29-16-26-55-62(59)49-21-7-10-23-52(49)64(55)53-24-11-13-27-57(53)66(43-17-4-3-5-18-43)58-28-14-12-25-54(58)64/h1-48H;3-40H,1-2H3. The van der Waals surface area contributed by atoms with Gasteiger partial charge in [0.2, 0.25) is 0 Å². The minimum absolute atomic E-state index is 0.155. The van der Waals surface area contributed by atoms with Crippen LogP contribution in [0.25, 0.3) is 107 Å². The number of para-hydroxylation sites is 6. The fourth-order valence-corrected chi connectivity index (χ4v) is 28.2. The van der Waals surface area contributed by atoms with E-state index in [4.69, 9.17) is 0 Å². The van der Waals surface area contributed by atoms with Crippen LogP contribution in [0.1, 0.15) is 91.7 Å². The van der Waals surface area contributed by atoms with Gasteiger partial charge in [-0.15, -0.1) is 22.7 Å². The van der Waals surface area contributed by atoms with Gasteiger partial charge in [-0.3, -0.25) is 0 Å². The largest absolute Gasteiger partial charge is 0.310 e. The van der Waals surface area contributed by atoms with E-state index in [-0.39, 0.29) is 5.41 Å². The van der Waals surface area contributed by atoms with Crippen LogP contribution in [0.2, 0.25) is 0 Å². The van der Waals surface area contributed by atoms with E-state index in [9.17, 15) is 0 Å². The lowest BCUT2D eigenvalue weighted by Crippen LogP contribution is -2.36. The summed E-state index contributed by atoms with van der Waals surface area (Å²) in [6.07, 6.45) is 0. The Morgan fingerprint density at radius 2 is 0.486 bits per heavy atom. The SMILES string of the molecule is CC1(C)c2ccccc2-c2ccc(N(c3ccc(-c4ccc5sc6ccccc6c5c4)cc3)c3cccc4c3-c3ccccc3C43c4ccccc4N(c4ccccc4)c4ccccc43)cc21.c1ccc(N2c3ccccc3C3(c4ccccc4-c4c(N(c5ccc(-c6ccc7sc8ccccc8c7c6)cc5)c5ccc6c(c5)C(c5ccccc5)(c5ccccc5)c5ccccc5-6)cccc43)c3ccccc32)cc1. The highest BCUT2D eigenvalue weighted by Crippen LogP contribution is 2.69. The van der Waals surface area contributed by atoms with Gasteiger partial charge in [0, 0.05) is 91.0 Å². The number of benzene rings is 22. The number of hydrogen-bond donors (Lipinski definition) is 0. The van der Waals surface area contributed by atoms with Crippen molar-refractivity contribution in [2.45, 2.75) is 35.5 Å². The molecule has 0 saturated carbocycles. The lowest BCUT2D eigenvalue weighted by Gasteiger charge is -2.45. The van der Waals surface area contributed by atoms with Crippen molar-refractivity contribution in [2.24, 2.45) is 0 Å². The van der Waals surface area contributed by atoms with E-state index in [1.807, 2.05) is 22.7 Å². The Morgan fingerprint density at radius 3 is 0.910 bits per heavy atom. The topological polar surface area (TPSA) is 13.0 Å². The van der Waals surface area contributed by atoms with Gasteiger partial charge in [-0.2, -0.15) is 0 Å². The fourth-order valence-electron chi connectivity index (χ4n) is 26.0. The molecular weight excluding hydrogens is 1780 g/mol. The molecule has 4 aliphatic carbocycles. The first kappa shape index (κ1) is 83.5. The molecule has 2 aromatic heterocycles. The number of nitrogens with zero attached hydrogens (tertiary/aromatic N) is 4. The van der Waals surface area contributed by atoms with Crippen molar-refractivity contribution >= 4 is 131 Å². The van der Waals surface area contributed by atoms with Crippen LogP contribution < -0.4 is 19.6 Å². The smallest absolute Gasteiger partial charge is 0.0755 e. The van der Waals surface area contributed by atoms with Gasteiger partial charge in [0.05, 0.1) is 50.4 Å². The highest BCUT2D eigenvalue weighted by Gasteiger charge is 2.56. The molecule has 30 rings (SSSR count). The highest BCUT2D eigenvalue weighted by atomic mass is 32.1. The van der Waals surface area contributed by atoms with Crippen molar-refractivity contribution in [3.8, 4) is 66.8 Å². The van der Waals surface area contributed by atoms with Crippen LogP contribution in [0.4, 0.5) is 68.2 Å². The molecule has 0 amide bonds. The molecule has 144 heavy (non-hydrogen) atoms. The number of rotatable bonds is 12. The van der Waals surface area contributed by atoms with Crippen molar-refractivity contribution in [3.05, 3.63) is 600 Å². The summed E-state index contributed by atoms with van der Waals surface area (Å²) in [4.78, 5) is 10.00. The average Bonchev–Trinajstić information content (AvgIpc) is 1.50. The number of anilines is 12. The molecule has 6 aliphatic rings. The lowest BCUT2D eigenvalue weighted by molar-refractivity contribution is 0.660. The summed E-state index contributed by atoms with van der Waals surface area (Å²) in [5.41, 5.74) is 44.9. The van der Waals surface area contributed by atoms with Crippen molar-refractivity contribution in [1.29, 1.82) is 0 Å². The average molecular weight is 1870 g/mol. The van der Waals surface area contributed by atoms with Gasteiger partial charge in [-0.1, -0.05) is 390 Å². The lowest BCUT2D eigenvalue weighted by atomic mass is 9.64. The summed E-state index contributed by atoms with van der Waals surface area (Å²) in [6, 6.07) is 195. The van der Waals surface area contributed by atoms with Crippen LogP contribution in [0.3, 0.4) is 0 Å². The molecule has 2 spiro atoms. The first-order valence-corrected chi connectivity index (χ1v) is 51.6. The number of hydrogen-bond acceptors (Lipinski definition) is 6. The Labute approximate surface area is 846 Å². The molecule has 0 N–H and O–H groups in total. The van der Waals surface area contributed by atoms with Gasteiger partial charge in [-0.25, -0.2) is 0 Å². The second-order valence-electron chi connectivity index (χ2n) is 39.4. The van der Waals surface area contributed by atoms with Gasteiger partial charge in [0.15, 0.2) is 0 Å². The van der Waals surface area contributed by atoms with Crippen LogP contribution >= 0.6 is 22.7 Å². The summed E-state index contributed by atoms with van der Waals surface area (Å²) in [5.74, 6) is 0. The highest BCUT2D eigenvalue weighted by molar-refractivity contribution is 7.26. The zero-order chi connectivity index (χ0) is 95.1. The third kappa shape index (κ3) is 12.1. The number of fused-ring (bicyclic) bond motifs is 30. The quantitative estimate of drug-likeness (QED) is 0.121. The maximum absolute atomic E-state index is 2.55. The Bertz CT molecular complexity index is 9200. The zero-order valence-corrected chi connectivity index (χ0v) is 80.9.